The molecule has 0 spiro atoms. The van der Waals surface area contributed by atoms with Gasteiger partial charge in [0.1, 0.15) is 0 Å². The lowest BCUT2D eigenvalue weighted by Crippen LogP contribution is -2.30. The average Bonchev–Trinajstić information content (AvgIpc) is 3.10. The molecule has 0 aromatic heterocycles. The Morgan fingerprint density at radius 3 is 1.53 bits per heavy atom. The van der Waals surface area contributed by atoms with Gasteiger partial charge in [-0.05, 0) is 115 Å². The van der Waals surface area contributed by atoms with Crippen LogP contribution in [-0.4, -0.2) is 75.1 Å². The molecule has 3 aliphatic rings. The van der Waals surface area contributed by atoms with Crippen LogP contribution in [-0.2, 0) is 0 Å². The highest BCUT2D eigenvalue weighted by Gasteiger charge is 2.19. The van der Waals surface area contributed by atoms with Crippen LogP contribution in [0.4, 0.5) is 0 Å². The molecule has 0 bridgehead atoms. The third-order valence-electron chi connectivity index (χ3n) is 7.13. The van der Waals surface area contributed by atoms with E-state index in [1.807, 2.05) is 0 Å². The van der Waals surface area contributed by atoms with Crippen molar-refractivity contribution >= 4 is 0 Å². The zero-order valence-corrected chi connectivity index (χ0v) is 23.5. The summed E-state index contributed by atoms with van der Waals surface area (Å²) < 4.78 is 0. The van der Waals surface area contributed by atoms with Crippen molar-refractivity contribution in [3.05, 3.63) is 11.6 Å². The first kappa shape index (κ1) is 29.7. The molecule has 0 aromatic rings. The molecule has 0 amide bonds. The second-order valence-electron chi connectivity index (χ2n) is 12.3. The molecule has 0 aliphatic carbocycles. The monoisotopic (exact) mass is 449 g/mol. The minimum atomic E-state index is 0.730. The summed E-state index contributed by atoms with van der Waals surface area (Å²) in [5, 5.41) is 0. The number of hydrogen-bond donors (Lipinski definition) is 0. The van der Waals surface area contributed by atoms with Crippen molar-refractivity contribution in [1.82, 2.24) is 14.7 Å². The molecule has 0 radical (unpaired) electrons. The fraction of sp³-hybridized carbons (Fsp3) is 0.931. The highest BCUT2D eigenvalue weighted by molar-refractivity contribution is 5.06. The lowest BCUT2D eigenvalue weighted by atomic mass is 9.89. The van der Waals surface area contributed by atoms with Crippen molar-refractivity contribution in [2.24, 2.45) is 29.6 Å². The molecule has 0 N–H and O–H groups in total. The van der Waals surface area contributed by atoms with E-state index in [0.717, 1.165) is 29.6 Å². The van der Waals surface area contributed by atoms with Crippen LogP contribution < -0.4 is 0 Å². The molecule has 3 nitrogen and oxygen atoms in total. The molecule has 3 heterocycles. The maximum Gasteiger partial charge on any atom is 0.00157 e. The van der Waals surface area contributed by atoms with E-state index >= 15 is 0 Å². The summed E-state index contributed by atoms with van der Waals surface area (Å²) in [6.45, 7) is 21.6. The van der Waals surface area contributed by atoms with Crippen molar-refractivity contribution in [1.29, 1.82) is 0 Å². The first-order valence-electron chi connectivity index (χ1n) is 13.8. The second kappa shape index (κ2) is 16.3. The van der Waals surface area contributed by atoms with Gasteiger partial charge in [0.15, 0.2) is 0 Å². The normalized spacial score (nSPS) is 23.9. The number of nitrogens with zero attached hydrogens (tertiary/aromatic N) is 3. The van der Waals surface area contributed by atoms with Crippen molar-refractivity contribution in [2.75, 3.05) is 60.4 Å². The molecule has 0 aromatic carbocycles. The average molecular weight is 450 g/mol. The molecule has 3 aliphatic heterocycles. The van der Waals surface area contributed by atoms with Gasteiger partial charge in [0.2, 0.25) is 0 Å². The summed E-state index contributed by atoms with van der Waals surface area (Å²) >= 11 is 0. The maximum atomic E-state index is 2.44. The summed E-state index contributed by atoms with van der Waals surface area (Å²) in [5.41, 5.74) is 1.66. The van der Waals surface area contributed by atoms with Gasteiger partial charge in [-0.1, -0.05) is 53.2 Å². The van der Waals surface area contributed by atoms with Crippen LogP contribution in [0.25, 0.3) is 0 Å². The Morgan fingerprint density at radius 2 is 1.09 bits per heavy atom. The largest absolute Gasteiger partial charge is 0.306 e. The molecule has 3 fully saturated rings. The topological polar surface area (TPSA) is 9.72 Å². The molecule has 1 unspecified atom stereocenters. The van der Waals surface area contributed by atoms with Gasteiger partial charge in [0.05, 0.1) is 0 Å². The summed E-state index contributed by atoms with van der Waals surface area (Å²) in [7, 11) is 6.65. The van der Waals surface area contributed by atoms with E-state index in [-0.39, 0.29) is 0 Å². The lowest BCUT2D eigenvalue weighted by Gasteiger charge is -2.29. The number of piperidine rings is 2. The van der Waals surface area contributed by atoms with Crippen molar-refractivity contribution in [3.63, 3.8) is 0 Å². The highest BCUT2D eigenvalue weighted by atomic mass is 15.1. The predicted octanol–water partition coefficient (Wildman–Crippen LogP) is 6.65. The van der Waals surface area contributed by atoms with E-state index in [4.69, 9.17) is 0 Å². The SMILES string of the molecule is CC(C)C=C1CCN(C)CC1.CC(C)CC1CCN(C)C1.CC(C)CC1CCN(C)CC1. The third kappa shape index (κ3) is 14.7. The van der Waals surface area contributed by atoms with Gasteiger partial charge in [-0.15, -0.1) is 0 Å². The zero-order valence-electron chi connectivity index (χ0n) is 23.5. The van der Waals surface area contributed by atoms with Gasteiger partial charge in [-0.2, -0.15) is 0 Å². The number of hydrogen-bond acceptors (Lipinski definition) is 3. The van der Waals surface area contributed by atoms with Crippen molar-refractivity contribution in [3.8, 4) is 0 Å². The van der Waals surface area contributed by atoms with Crippen LogP contribution in [0.3, 0.4) is 0 Å². The Balaban J connectivity index is 0.000000240. The first-order chi connectivity index (χ1) is 15.0. The van der Waals surface area contributed by atoms with Gasteiger partial charge in [-0.3, -0.25) is 0 Å². The molecular formula is C29H59N3. The lowest BCUT2D eigenvalue weighted by molar-refractivity contribution is 0.201. The van der Waals surface area contributed by atoms with Gasteiger partial charge in [-0.25, -0.2) is 0 Å². The zero-order chi connectivity index (χ0) is 24.1. The van der Waals surface area contributed by atoms with E-state index < -0.39 is 0 Å². The van der Waals surface area contributed by atoms with E-state index in [1.165, 1.54) is 84.2 Å². The van der Waals surface area contributed by atoms with Crippen LogP contribution in [0, 0.1) is 29.6 Å². The Kier molecular flexibility index (Phi) is 15.1. The molecule has 190 valence electrons. The van der Waals surface area contributed by atoms with Gasteiger partial charge >= 0.3 is 0 Å². The molecular weight excluding hydrogens is 390 g/mol. The fourth-order valence-electron chi connectivity index (χ4n) is 5.39. The highest BCUT2D eigenvalue weighted by Crippen LogP contribution is 2.23. The van der Waals surface area contributed by atoms with Crippen LogP contribution in [0.2, 0.25) is 0 Å². The third-order valence-corrected chi connectivity index (χ3v) is 7.13. The van der Waals surface area contributed by atoms with E-state index in [9.17, 15) is 0 Å². The molecule has 3 rings (SSSR count). The Hall–Kier alpha value is -0.380. The van der Waals surface area contributed by atoms with E-state index in [0.29, 0.717) is 0 Å². The summed E-state index contributed by atoms with van der Waals surface area (Å²) in [4.78, 5) is 7.28. The number of rotatable bonds is 5. The van der Waals surface area contributed by atoms with Gasteiger partial charge < -0.3 is 14.7 Å². The summed E-state index contributed by atoms with van der Waals surface area (Å²) in [6, 6.07) is 0. The minimum absolute atomic E-state index is 0.730. The molecule has 3 saturated heterocycles. The predicted molar refractivity (Wildman–Crippen MR) is 144 cm³/mol. The minimum Gasteiger partial charge on any atom is -0.306 e. The smallest absolute Gasteiger partial charge is 0.00157 e. The summed E-state index contributed by atoms with van der Waals surface area (Å²) in [5.74, 6) is 4.52. The Labute approximate surface area is 203 Å². The van der Waals surface area contributed by atoms with E-state index in [2.05, 4.69) is 83.5 Å². The molecule has 1 atom stereocenters. The molecule has 32 heavy (non-hydrogen) atoms. The van der Waals surface area contributed by atoms with Crippen molar-refractivity contribution < 1.29 is 0 Å². The fourth-order valence-corrected chi connectivity index (χ4v) is 5.39. The molecule has 3 heteroatoms. The van der Waals surface area contributed by atoms with E-state index in [1.54, 1.807) is 5.57 Å². The first-order valence-corrected chi connectivity index (χ1v) is 13.8. The standard InChI is InChI=1S/C10H21N.C10H19N.C9H19N/c2*1-9(2)8-10-4-6-11(3)7-5-10;1-8(2)6-9-4-5-10(3)7-9/h9-10H,4-8H2,1-3H3;8-9H,4-7H2,1-3H3;8-9H,4-7H2,1-3H3. The molecule has 0 saturated carbocycles. The maximum absolute atomic E-state index is 2.44. The van der Waals surface area contributed by atoms with Crippen LogP contribution in [0.15, 0.2) is 11.6 Å². The number of allylic oxidation sites excluding steroid dienone is 1. The van der Waals surface area contributed by atoms with Crippen LogP contribution >= 0.6 is 0 Å². The van der Waals surface area contributed by atoms with Crippen molar-refractivity contribution in [2.45, 2.75) is 86.5 Å². The van der Waals surface area contributed by atoms with Crippen LogP contribution in [0.5, 0.6) is 0 Å². The van der Waals surface area contributed by atoms with Crippen LogP contribution in [0.1, 0.15) is 86.5 Å². The summed E-state index contributed by atoms with van der Waals surface area (Å²) in [6.07, 6.45) is 12.1. The second-order valence-corrected chi connectivity index (χ2v) is 12.3. The van der Waals surface area contributed by atoms with Gasteiger partial charge in [0, 0.05) is 19.6 Å². The quantitative estimate of drug-likeness (QED) is 0.435. The Bertz CT molecular complexity index is 479. The Morgan fingerprint density at radius 1 is 0.656 bits per heavy atom. The number of likely N-dealkylation sites (tertiary alicyclic amines) is 3. The van der Waals surface area contributed by atoms with Gasteiger partial charge in [0.25, 0.3) is 0 Å².